The van der Waals surface area contributed by atoms with Crippen molar-refractivity contribution in [1.29, 1.82) is 0 Å². The predicted octanol–water partition coefficient (Wildman–Crippen LogP) is 1.60. The van der Waals surface area contributed by atoms with Crippen molar-refractivity contribution < 1.29 is 4.79 Å². The van der Waals surface area contributed by atoms with Gasteiger partial charge in [0.15, 0.2) is 0 Å². The third-order valence-electron chi connectivity index (χ3n) is 5.16. The molecule has 0 radical (unpaired) electrons. The number of carbonyl (C=O) groups is 1. The van der Waals surface area contributed by atoms with Crippen LogP contribution in [0.1, 0.15) is 45.4 Å². The van der Waals surface area contributed by atoms with Gasteiger partial charge in [0.1, 0.15) is 0 Å². The van der Waals surface area contributed by atoms with E-state index in [-0.39, 0.29) is 11.8 Å². The third kappa shape index (κ3) is 4.45. The van der Waals surface area contributed by atoms with Crippen molar-refractivity contribution in [2.75, 3.05) is 26.7 Å². The fourth-order valence-corrected chi connectivity index (χ4v) is 3.78. The van der Waals surface area contributed by atoms with E-state index in [1.54, 1.807) is 0 Å². The van der Waals surface area contributed by atoms with Gasteiger partial charge in [-0.2, -0.15) is 0 Å². The number of rotatable bonds is 4. The number of piperidine rings is 1. The van der Waals surface area contributed by atoms with Gasteiger partial charge in [-0.15, -0.1) is 0 Å². The number of hydrogen-bond donors (Lipinski definition) is 2. The number of carbonyl (C=O) groups excluding carboxylic acids is 1. The monoisotopic (exact) mass is 281 g/mol. The highest BCUT2D eigenvalue weighted by molar-refractivity contribution is 5.78. The maximum absolute atomic E-state index is 12.3. The fourth-order valence-electron chi connectivity index (χ4n) is 3.78. The van der Waals surface area contributed by atoms with E-state index >= 15 is 0 Å². The van der Waals surface area contributed by atoms with Crippen LogP contribution < -0.4 is 11.1 Å². The minimum atomic E-state index is 0.114. The minimum Gasteiger partial charge on any atom is -0.356 e. The average molecular weight is 281 g/mol. The van der Waals surface area contributed by atoms with Gasteiger partial charge in [0.05, 0.1) is 0 Å². The second kappa shape index (κ2) is 7.41. The molecule has 4 nitrogen and oxygen atoms in total. The Hall–Kier alpha value is -0.610. The molecule has 1 saturated carbocycles. The normalized spacial score (nSPS) is 33.6. The Morgan fingerprint density at radius 1 is 1.35 bits per heavy atom. The standard InChI is InChI=1S/C16H31N3O/c1-12(14-6-3-7-15(17)9-14)16(20)18-10-13-5-4-8-19(2)11-13/h12-15H,3-11,17H2,1-2H3,(H,18,20). The summed E-state index contributed by atoms with van der Waals surface area (Å²) < 4.78 is 0. The second-order valence-corrected chi connectivity index (χ2v) is 6.99. The molecule has 1 aliphatic heterocycles. The molecule has 0 aromatic rings. The summed E-state index contributed by atoms with van der Waals surface area (Å²) in [4.78, 5) is 14.7. The average Bonchev–Trinajstić information content (AvgIpc) is 2.44. The Labute approximate surface area is 123 Å². The summed E-state index contributed by atoms with van der Waals surface area (Å²) in [6.45, 7) is 5.22. The highest BCUT2D eigenvalue weighted by Gasteiger charge is 2.29. The Morgan fingerprint density at radius 3 is 2.85 bits per heavy atom. The smallest absolute Gasteiger partial charge is 0.223 e. The van der Waals surface area contributed by atoms with Crippen LogP contribution in [0.4, 0.5) is 0 Å². The van der Waals surface area contributed by atoms with E-state index in [4.69, 9.17) is 5.73 Å². The van der Waals surface area contributed by atoms with E-state index < -0.39 is 0 Å². The number of amides is 1. The zero-order chi connectivity index (χ0) is 14.5. The van der Waals surface area contributed by atoms with Gasteiger partial charge in [-0.05, 0) is 57.5 Å². The number of likely N-dealkylation sites (tertiary alicyclic amines) is 1. The summed E-state index contributed by atoms with van der Waals surface area (Å²) in [7, 11) is 2.17. The lowest BCUT2D eigenvalue weighted by molar-refractivity contribution is -0.126. The minimum absolute atomic E-state index is 0.114. The van der Waals surface area contributed by atoms with Crippen molar-refractivity contribution in [1.82, 2.24) is 10.2 Å². The molecular formula is C16H31N3O. The largest absolute Gasteiger partial charge is 0.356 e. The molecular weight excluding hydrogens is 250 g/mol. The molecule has 2 aliphatic rings. The van der Waals surface area contributed by atoms with E-state index in [2.05, 4.69) is 24.2 Å². The molecule has 4 atom stereocenters. The van der Waals surface area contributed by atoms with E-state index in [1.807, 2.05) is 0 Å². The van der Waals surface area contributed by atoms with Crippen LogP contribution >= 0.6 is 0 Å². The molecule has 0 spiro atoms. The highest BCUT2D eigenvalue weighted by atomic mass is 16.1. The molecule has 0 bridgehead atoms. The van der Waals surface area contributed by atoms with Gasteiger partial charge in [0.2, 0.25) is 5.91 Å². The zero-order valence-electron chi connectivity index (χ0n) is 13.1. The van der Waals surface area contributed by atoms with Crippen LogP contribution in [0.5, 0.6) is 0 Å². The first-order valence-corrected chi connectivity index (χ1v) is 8.28. The van der Waals surface area contributed by atoms with Crippen molar-refractivity contribution in [2.24, 2.45) is 23.5 Å². The van der Waals surface area contributed by atoms with Crippen molar-refractivity contribution in [3.05, 3.63) is 0 Å². The van der Waals surface area contributed by atoms with Gasteiger partial charge in [-0.1, -0.05) is 13.3 Å². The highest BCUT2D eigenvalue weighted by Crippen LogP contribution is 2.29. The Morgan fingerprint density at radius 2 is 2.15 bits per heavy atom. The summed E-state index contributed by atoms with van der Waals surface area (Å²) in [5.74, 6) is 1.45. The van der Waals surface area contributed by atoms with Crippen molar-refractivity contribution in [2.45, 2.75) is 51.5 Å². The predicted molar refractivity (Wildman–Crippen MR) is 82.3 cm³/mol. The summed E-state index contributed by atoms with van der Waals surface area (Å²) in [5, 5.41) is 3.18. The molecule has 3 N–H and O–H groups in total. The molecule has 1 amide bonds. The van der Waals surface area contributed by atoms with E-state index in [0.29, 0.717) is 17.9 Å². The molecule has 20 heavy (non-hydrogen) atoms. The number of hydrogen-bond acceptors (Lipinski definition) is 3. The van der Waals surface area contributed by atoms with Gasteiger partial charge in [-0.25, -0.2) is 0 Å². The first-order valence-electron chi connectivity index (χ1n) is 8.28. The number of nitrogens with one attached hydrogen (secondary N) is 1. The lowest BCUT2D eigenvalue weighted by atomic mass is 9.78. The maximum Gasteiger partial charge on any atom is 0.223 e. The lowest BCUT2D eigenvalue weighted by Crippen LogP contribution is -2.42. The van der Waals surface area contributed by atoms with Crippen LogP contribution in [0.2, 0.25) is 0 Å². The second-order valence-electron chi connectivity index (χ2n) is 6.99. The summed E-state index contributed by atoms with van der Waals surface area (Å²) in [5.41, 5.74) is 6.03. The fraction of sp³-hybridized carbons (Fsp3) is 0.938. The zero-order valence-corrected chi connectivity index (χ0v) is 13.1. The van der Waals surface area contributed by atoms with E-state index in [0.717, 1.165) is 32.4 Å². The van der Waals surface area contributed by atoms with Crippen LogP contribution in [-0.2, 0) is 4.79 Å². The van der Waals surface area contributed by atoms with Crippen LogP contribution in [0.3, 0.4) is 0 Å². The van der Waals surface area contributed by atoms with E-state index in [9.17, 15) is 4.79 Å². The molecule has 2 fully saturated rings. The number of nitrogens with two attached hydrogens (primary N) is 1. The summed E-state index contributed by atoms with van der Waals surface area (Å²) >= 11 is 0. The molecule has 1 aliphatic carbocycles. The van der Waals surface area contributed by atoms with Gasteiger partial charge in [0.25, 0.3) is 0 Å². The molecule has 116 valence electrons. The van der Waals surface area contributed by atoms with Crippen LogP contribution in [0.15, 0.2) is 0 Å². The Balaban J connectivity index is 1.73. The molecule has 4 unspecified atom stereocenters. The van der Waals surface area contributed by atoms with Crippen LogP contribution in [0.25, 0.3) is 0 Å². The van der Waals surface area contributed by atoms with Gasteiger partial charge < -0.3 is 16.0 Å². The molecule has 0 aromatic heterocycles. The first-order chi connectivity index (χ1) is 9.56. The molecule has 1 saturated heterocycles. The number of nitrogens with zero attached hydrogens (tertiary/aromatic N) is 1. The molecule has 1 heterocycles. The Bertz CT molecular complexity index is 321. The quantitative estimate of drug-likeness (QED) is 0.823. The topological polar surface area (TPSA) is 58.4 Å². The molecule has 2 rings (SSSR count). The van der Waals surface area contributed by atoms with Gasteiger partial charge >= 0.3 is 0 Å². The molecule has 4 heteroatoms. The SMILES string of the molecule is CC(C(=O)NCC1CCCN(C)C1)C1CCCC(N)C1. The van der Waals surface area contributed by atoms with Crippen molar-refractivity contribution in [3.8, 4) is 0 Å². The lowest BCUT2D eigenvalue weighted by Gasteiger charge is -2.32. The summed E-state index contributed by atoms with van der Waals surface area (Å²) in [6.07, 6.45) is 6.97. The Kier molecular flexibility index (Phi) is 5.85. The first kappa shape index (κ1) is 15.8. The maximum atomic E-state index is 12.3. The van der Waals surface area contributed by atoms with Crippen molar-refractivity contribution in [3.63, 3.8) is 0 Å². The van der Waals surface area contributed by atoms with Gasteiger partial charge in [0, 0.05) is 25.0 Å². The van der Waals surface area contributed by atoms with Gasteiger partial charge in [-0.3, -0.25) is 4.79 Å². The van der Waals surface area contributed by atoms with E-state index in [1.165, 1.54) is 25.8 Å². The van der Waals surface area contributed by atoms with Crippen molar-refractivity contribution >= 4 is 5.91 Å². The summed E-state index contributed by atoms with van der Waals surface area (Å²) in [6, 6.07) is 0.302. The van der Waals surface area contributed by atoms with Crippen LogP contribution in [-0.4, -0.2) is 43.5 Å². The van der Waals surface area contributed by atoms with Crippen LogP contribution in [0, 0.1) is 17.8 Å². The molecule has 0 aromatic carbocycles. The third-order valence-corrected chi connectivity index (χ3v) is 5.16.